The van der Waals surface area contributed by atoms with Crippen LogP contribution in [0, 0.1) is 5.41 Å². The Bertz CT molecular complexity index is 1180. The molecule has 0 bridgehead atoms. The lowest BCUT2D eigenvalue weighted by Crippen LogP contribution is -2.68. The van der Waals surface area contributed by atoms with Crippen LogP contribution in [0.2, 0.25) is 0 Å². The smallest absolute Gasteiger partial charge is 0.433 e. The molecule has 0 radical (unpaired) electrons. The molecule has 162 valence electrons. The van der Waals surface area contributed by atoms with Gasteiger partial charge in [0.2, 0.25) is 0 Å². The predicted octanol–water partition coefficient (Wildman–Crippen LogP) is 2.99. The average molecular weight is 452 g/mol. The van der Waals surface area contributed by atoms with Gasteiger partial charge in [0, 0.05) is 42.2 Å². The van der Waals surface area contributed by atoms with E-state index >= 15 is 0 Å². The van der Waals surface area contributed by atoms with Crippen molar-refractivity contribution in [1.29, 1.82) is 0 Å². The summed E-state index contributed by atoms with van der Waals surface area (Å²) in [5.74, 6) is -0.436. The zero-order valence-corrected chi connectivity index (χ0v) is 16.6. The number of carbonyl (C=O) groups excluding carboxylic acids is 1. The molecule has 1 N–H and O–H groups in total. The minimum Gasteiger partial charge on any atom is -0.465 e. The largest absolute Gasteiger partial charge is 0.465 e. The maximum absolute atomic E-state index is 12.9. The third-order valence-electron chi connectivity index (χ3n) is 5.80. The van der Waals surface area contributed by atoms with E-state index in [2.05, 4.69) is 15.1 Å². The van der Waals surface area contributed by atoms with Gasteiger partial charge in [0.1, 0.15) is 22.7 Å². The van der Waals surface area contributed by atoms with Gasteiger partial charge in [-0.3, -0.25) is 9.69 Å². The third kappa shape index (κ3) is 3.19. The van der Waals surface area contributed by atoms with Crippen LogP contribution < -0.4 is 4.90 Å². The number of carboxylic acid groups (broad SMARTS) is 1. The van der Waals surface area contributed by atoms with E-state index < -0.39 is 24.0 Å². The number of amides is 2. The lowest BCUT2D eigenvalue weighted by molar-refractivity contribution is -0.141. The maximum Gasteiger partial charge on any atom is 0.433 e. The molecule has 0 aromatic carbocycles. The first-order valence-electron chi connectivity index (χ1n) is 9.28. The summed E-state index contributed by atoms with van der Waals surface area (Å²) in [6.07, 6.45) is -1.18. The van der Waals surface area contributed by atoms with E-state index in [9.17, 15) is 27.9 Å². The van der Waals surface area contributed by atoms with Crippen LogP contribution in [0.25, 0.3) is 4.83 Å². The Morgan fingerprint density at radius 1 is 1.26 bits per heavy atom. The van der Waals surface area contributed by atoms with Gasteiger partial charge in [-0.1, -0.05) is 0 Å². The summed E-state index contributed by atoms with van der Waals surface area (Å²) < 4.78 is 40.4. The number of fused-ring (bicyclic) bond motifs is 1. The second kappa shape index (κ2) is 6.64. The number of hydrogen-bond donors (Lipinski definition) is 1. The Hall–Kier alpha value is -3.22. The van der Waals surface area contributed by atoms with Crippen molar-refractivity contribution in [2.45, 2.75) is 25.1 Å². The molecule has 2 amide bonds. The second-order valence-electron chi connectivity index (χ2n) is 7.85. The van der Waals surface area contributed by atoms with Gasteiger partial charge in [-0.25, -0.2) is 19.3 Å². The van der Waals surface area contributed by atoms with Crippen molar-refractivity contribution in [1.82, 2.24) is 24.5 Å². The first-order chi connectivity index (χ1) is 14.7. The first-order valence-corrected chi connectivity index (χ1v) is 10.2. The summed E-state index contributed by atoms with van der Waals surface area (Å²) in [4.78, 5) is 34.7. The highest BCUT2D eigenvalue weighted by atomic mass is 32.1. The Kier molecular flexibility index (Phi) is 4.22. The highest BCUT2D eigenvalue weighted by Gasteiger charge is 2.56. The standard InChI is InChI=1S/C18H15F3N6O3S/c19-18(20,21)12-3-13(23-9-22-12)27(16(29)30)10-4-17(5-10)7-25(8-17)14(28)11-6-24-26-1-2-31-15(11)26/h1-3,6,9-10H,4-5,7-8H2,(H,29,30). The van der Waals surface area contributed by atoms with Crippen molar-refractivity contribution in [3.8, 4) is 0 Å². The van der Waals surface area contributed by atoms with E-state index in [0.29, 0.717) is 43.9 Å². The lowest BCUT2D eigenvalue weighted by Gasteiger charge is -2.60. The van der Waals surface area contributed by atoms with Crippen molar-refractivity contribution < 1.29 is 27.9 Å². The number of carbonyl (C=O) groups is 2. The Balaban J connectivity index is 1.26. The molecule has 13 heteroatoms. The molecule has 1 saturated heterocycles. The molecule has 4 heterocycles. The summed E-state index contributed by atoms with van der Waals surface area (Å²) >= 11 is 1.42. The number of likely N-dealkylation sites (tertiary alicyclic amines) is 1. The zero-order chi connectivity index (χ0) is 22.0. The molecule has 31 heavy (non-hydrogen) atoms. The van der Waals surface area contributed by atoms with Crippen molar-refractivity contribution in [2.24, 2.45) is 5.41 Å². The molecular weight excluding hydrogens is 437 g/mol. The van der Waals surface area contributed by atoms with Gasteiger partial charge in [0.25, 0.3) is 5.91 Å². The van der Waals surface area contributed by atoms with Gasteiger partial charge >= 0.3 is 12.3 Å². The van der Waals surface area contributed by atoms with Crippen LogP contribution in [0.4, 0.5) is 23.8 Å². The minimum atomic E-state index is -4.69. The molecule has 3 aromatic rings. The molecule has 0 unspecified atom stereocenters. The van der Waals surface area contributed by atoms with E-state index in [4.69, 9.17) is 0 Å². The summed E-state index contributed by atoms with van der Waals surface area (Å²) in [6, 6.07) is 0.132. The number of aromatic nitrogens is 4. The van der Waals surface area contributed by atoms with Gasteiger partial charge < -0.3 is 10.0 Å². The Morgan fingerprint density at radius 2 is 2.00 bits per heavy atom. The molecule has 1 spiro atoms. The van der Waals surface area contributed by atoms with Crippen LogP contribution in [0.15, 0.2) is 30.2 Å². The van der Waals surface area contributed by atoms with Crippen LogP contribution >= 0.6 is 11.3 Å². The molecule has 1 aliphatic heterocycles. The van der Waals surface area contributed by atoms with E-state index in [1.165, 1.54) is 17.5 Å². The van der Waals surface area contributed by atoms with Gasteiger partial charge in [-0.2, -0.15) is 18.3 Å². The Morgan fingerprint density at radius 3 is 2.68 bits per heavy atom. The molecule has 2 fully saturated rings. The molecule has 3 aromatic heterocycles. The summed E-state index contributed by atoms with van der Waals surface area (Å²) in [5.41, 5.74) is -0.900. The first kappa shape index (κ1) is 19.7. The quantitative estimate of drug-likeness (QED) is 0.655. The third-order valence-corrected chi connectivity index (χ3v) is 6.69. The van der Waals surface area contributed by atoms with E-state index in [1.54, 1.807) is 15.6 Å². The fourth-order valence-corrected chi connectivity index (χ4v) is 5.20. The number of nitrogens with zero attached hydrogens (tertiary/aromatic N) is 6. The maximum atomic E-state index is 12.9. The summed E-state index contributed by atoms with van der Waals surface area (Å²) in [5, 5.41) is 15.6. The van der Waals surface area contributed by atoms with Crippen LogP contribution in [-0.4, -0.2) is 60.7 Å². The molecule has 9 nitrogen and oxygen atoms in total. The van der Waals surface area contributed by atoms with Crippen molar-refractivity contribution in [3.63, 3.8) is 0 Å². The number of thiazole rings is 1. The highest BCUT2D eigenvalue weighted by Crippen LogP contribution is 2.51. The summed E-state index contributed by atoms with van der Waals surface area (Å²) in [7, 11) is 0. The zero-order valence-electron chi connectivity index (χ0n) is 15.8. The number of rotatable bonds is 3. The average Bonchev–Trinajstić information content (AvgIpc) is 3.24. The van der Waals surface area contributed by atoms with Crippen LogP contribution in [-0.2, 0) is 6.18 Å². The topological polar surface area (TPSA) is 104 Å². The minimum absolute atomic E-state index is 0.132. The molecular formula is C18H15F3N6O3S. The van der Waals surface area contributed by atoms with Crippen molar-refractivity contribution >= 4 is 34.0 Å². The molecule has 2 aliphatic rings. The summed E-state index contributed by atoms with van der Waals surface area (Å²) in [6.45, 7) is 0.937. The van der Waals surface area contributed by atoms with Crippen molar-refractivity contribution in [2.75, 3.05) is 18.0 Å². The van der Waals surface area contributed by atoms with E-state index in [0.717, 1.165) is 9.73 Å². The van der Waals surface area contributed by atoms with E-state index in [1.807, 2.05) is 5.38 Å². The fraction of sp³-hybridized carbons (Fsp3) is 0.389. The van der Waals surface area contributed by atoms with Crippen LogP contribution in [0.3, 0.4) is 0 Å². The fourth-order valence-electron chi connectivity index (χ4n) is 4.41. The Labute approximate surface area is 176 Å². The normalized spacial score (nSPS) is 18.1. The SMILES string of the molecule is O=C(c1cnn2ccsc12)N1CC2(CC(N(C(=O)O)c3cc(C(F)(F)F)ncn3)C2)C1. The number of halogens is 3. The number of anilines is 1. The lowest BCUT2D eigenvalue weighted by atomic mass is 9.60. The van der Waals surface area contributed by atoms with Gasteiger partial charge in [-0.15, -0.1) is 11.3 Å². The van der Waals surface area contributed by atoms with Gasteiger partial charge in [0.15, 0.2) is 0 Å². The monoisotopic (exact) mass is 452 g/mol. The molecule has 0 atom stereocenters. The van der Waals surface area contributed by atoms with Crippen molar-refractivity contribution in [3.05, 3.63) is 41.4 Å². The van der Waals surface area contributed by atoms with E-state index in [-0.39, 0.29) is 17.1 Å². The number of hydrogen-bond acceptors (Lipinski definition) is 6. The number of alkyl halides is 3. The predicted molar refractivity (Wildman–Crippen MR) is 102 cm³/mol. The highest BCUT2D eigenvalue weighted by molar-refractivity contribution is 7.15. The van der Waals surface area contributed by atoms with Gasteiger partial charge in [-0.05, 0) is 12.8 Å². The molecule has 1 aliphatic carbocycles. The van der Waals surface area contributed by atoms with Crippen LogP contribution in [0.1, 0.15) is 28.9 Å². The molecule has 5 rings (SSSR count). The second-order valence-corrected chi connectivity index (χ2v) is 8.74. The van der Waals surface area contributed by atoms with Crippen LogP contribution in [0.5, 0.6) is 0 Å². The van der Waals surface area contributed by atoms with Gasteiger partial charge in [0.05, 0.1) is 11.8 Å². The molecule has 1 saturated carbocycles.